The summed E-state index contributed by atoms with van der Waals surface area (Å²) >= 11 is 0. The van der Waals surface area contributed by atoms with E-state index in [0.29, 0.717) is 37.6 Å². The third-order valence-electron chi connectivity index (χ3n) is 4.36. The highest BCUT2D eigenvalue weighted by Gasteiger charge is 2.17. The first kappa shape index (κ1) is 20.3. The van der Waals surface area contributed by atoms with Crippen LogP contribution in [0.3, 0.4) is 0 Å². The van der Waals surface area contributed by atoms with Crippen LogP contribution in [0.15, 0.2) is 47.6 Å². The van der Waals surface area contributed by atoms with E-state index in [1.807, 2.05) is 19.1 Å². The molecule has 0 spiro atoms. The summed E-state index contributed by atoms with van der Waals surface area (Å²) in [5.41, 5.74) is 4.78. The molecule has 1 amide bonds. The summed E-state index contributed by atoms with van der Waals surface area (Å²) in [6.07, 6.45) is 1.40. The van der Waals surface area contributed by atoms with E-state index in [1.54, 1.807) is 18.2 Å². The number of carbonyl (C=O) groups is 1. The monoisotopic (exact) mass is 398 g/mol. The lowest BCUT2D eigenvalue weighted by Crippen LogP contribution is -2.36. The van der Waals surface area contributed by atoms with Crippen LogP contribution in [0.25, 0.3) is 0 Å². The number of nitro groups is 1. The van der Waals surface area contributed by atoms with Gasteiger partial charge >= 0.3 is 0 Å². The smallest absolute Gasteiger partial charge is 0.277 e. The number of anilines is 1. The van der Waals surface area contributed by atoms with Gasteiger partial charge in [-0.15, -0.1) is 0 Å². The maximum absolute atomic E-state index is 12.0. The Morgan fingerprint density at radius 3 is 2.69 bits per heavy atom. The first-order valence-corrected chi connectivity index (χ1v) is 9.15. The average molecular weight is 398 g/mol. The van der Waals surface area contributed by atoms with E-state index in [2.05, 4.69) is 15.4 Å². The van der Waals surface area contributed by atoms with Crippen LogP contribution in [-0.2, 0) is 9.53 Å². The van der Waals surface area contributed by atoms with E-state index in [9.17, 15) is 14.9 Å². The molecule has 152 valence electrons. The summed E-state index contributed by atoms with van der Waals surface area (Å²) in [6.45, 7) is 4.29. The molecule has 1 saturated heterocycles. The molecule has 2 aromatic carbocycles. The molecule has 9 heteroatoms. The summed E-state index contributed by atoms with van der Waals surface area (Å²) in [7, 11) is 0. The van der Waals surface area contributed by atoms with Gasteiger partial charge in [0.05, 0.1) is 24.4 Å². The largest absolute Gasteiger partial charge is 0.484 e. The van der Waals surface area contributed by atoms with E-state index in [1.165, 1.54) is 18.3 Å². The molecule has 0 bridgehead atoms. The summed E-state index contributed by atoms with van der Waals surface area (Å²) < 4.78 is 10.7. The van der Waals surface area contributed by atoms with Crippen molar-refractivity contribution in [1.29, 1.82) is 0 Å². The fourth-order valence-corrected chi connectivity index (χ4v) is 2.84. The van der Waals surface area contributed by atoms with Crippen molar-refractivity contribution >= 4 is 23.5 Å². The molecule has 1 aliphatic rings. The maximum atomic E-state index is 12.0. The lowest BCUT2D eigenvalue weighted by Gasteiger charge is -2.29. The van der Waals surface area contributed by atoms with Gasteiger partial charge in [0.2, 0.25) is 0 Å². The van der Waals surface area contributed by atoms with Crippen LogP contribution >= 0.6 is 0 Å². The predicted molar refractivity (Wildman–Crippen MR) is 109 cm³/mol. The number of nitro benzene ring substituents is 1. The molecule has 1 fully saturated rings. The van der Waals surface area contributed by atoms with Gasteiger partial charge in [0.25, 0.3) is 11.6 Å². The highest BCUT2D eigenvalue weighted by molar-refractivity contribution is 5.90. The zero-order valence-corrected chi connectivity index (χ0v) is 16.0. The molecule has 1 aliphatic heterocycles. The molecular weight excluding hydrogens is 376 g/mol. The van der Waals surface area contributed by atoms with Gasteiger partial charge in [0, 0.05) is 36.5 Å². The fraction of sp³-hybridized carbons (Fsp3) is 0.300. The van der Waals surface area contributed by atoms with E-state index < -0.39 is 10.8 Å². The van der Waals surface area contributed by atoms with Crippen molar-refractivity contribution < 1.29 is 19.2 Å². The summed E-state index contributed by atoms with van der Waals surface area (Å²) in [6, 6.07) is 11.9. The Morgan fingerprint density at radius 1 is 1.28 bits per heavy atom. The summed E-state index contributed by atoms with van der Waals surface area (Å²) in [4.78, 5) is 24.7. The number of amides is 1. The number of hydrogen-bond donors (Lipinski definition) is 1. The van der Waals surface area contributed by atoms with Crippen molar-refractivity contribution in [3.05, 3.63) is 63.7 Å². The molecule has 9 nitrogen and oxygen atoms in total. The second-order valence-corrected chi connectivity index (χ2v) is 6.49. The van der Waals surface area contributed by atoms with Crippen molar-refractivity contribution in [1.82, 2.24) is 5.43 Å². The first-order chi connectivity index (χ1) is 14.0. The van der Waals surface area contributed by atoms with Gasteiger partial charge in [-0.05, 0) is 25.1 Å². The Kier molecular flexibility index (Phi) is 6.75. The Morgan fingerprint density at radius 2 is 2.00 bits per heavy atom. The molecule has 0 saturated carbocycles. The topological polar surface area (TPSA) is 106 Å². The zero-order chi connectivity index (χ0) is 20.6. The van der Waals surface area contributed by atoms with Crippen molar-refractivity contribution in [2.24, 2.45) is 5.10 Å². The van der Waals surface area contributed by atoms with E-state index in [4.69, 9.17) is 9.47 Å². The van der Waals surface area contributed by atoms with Crippen LogP contribution in [0.1, 0.15) is 11.1 Å². The molecule has 2 aromatic rings. The Bertz CT molecular complexity index is 892. The van der Waals surface area contributed by atoms with Crippen molar-refractivity contribution in [3.63, 3.8) is 0 Å². The molecule has 0 unspecified atom stereocenters. The van der Waals surface area contributed by atoms with Crippen LogP contribution in [-0.4, -0.2) is 50.0 Å². The highest BCUT2D eigenvalue weighted by atomic mass is 16.6. The van der Waals surface area contributed by atoms with Crippen LogP contribution < -0.4 is 15.1 Å². The van der Waals surface area contributed by atoms with Gasteiger partial charge < -0.3 is 14.4 Å². The number of ether oxygens (including phenoxy) is 2. The van der Waals surface area contributed by atoms with Gasteiger partial charge in [0.15, 0.2) is 6.61 Å². The number of aryl methyl sites for hydroxylation is 1. The maximum Gasteiger partial charge on any atom is 0.277 e. The van der Waals surface area contributed by atoms with Crippen LogP contribution in [0, 0.1) is 17.0 Å². The standard InChI is InChI=1S/C20H22N4O5/c1-15-2-5-18(6-3-15)29-14-20(25)22-21-13-16-12-17(24(26)27)4-7-19(16)23-8-10-28-11-9-23/h2-7,12-13H,8-11,14H2,1H3,(H,22,25)/b21-13+. The number of morpholine rings is 1. The second kappa shape index (κ2) is 9.65. The van der Waals surface area contributed by atoms with E-state index in [-0.39, 0.29) is 12.3 Å². The zero-order valence-electron chi connectivity index (χ0n) is 16.0. The minimum absolute atomic E-state index is 0.0440. The SMILES string of the molecule is Cc1ccc(OCC(=O)N/N=C/c2cc([N+](=O)[O-])ccc2N2CCOCC2)cc1. The number of nitrogens with one attached hydrogen (secondary N) is 1. The number of hydrogen-bond acceptors (Lipinski definition) is 7. The minimum Gasteiger partial charge on any atom is -0.484 e. The van der Waals surface area contributed by atoms with E-state index in [0.717, 1.165) is 11.3 Å². The fourth-order valence-electron chi connectivity index (χ4n) is 2.84. The third-order valence-corrected chi connectivity index (χ3v) is 4.36. The molecule has 0 aromatic heterocycles. The van der Waals surface area contributed by atoms with Crippen molar-refractivity contribution in [2.45, 2.75) is 6.92 Å². The molecule has 0 aliphatic carbocycles. The van der Waals surface area contributed by atoms with Crippen molar-refractivity contribution in [2.75, 3.05) is 37.8 Å². The van der Waals surface area contributed by atoms with Gasteiger partial charge in [-0.2, -0.15) is 5.10 Å². The number of carbonyl (C=O) groups excluding carboxylic acids is 1. The molecule has 29 heavy (non-hydrogen) atoms. The number of rotatable bonds is 7. The molecule has 3 rings (SSSR count). The van der Waals surface area contributed by atoms with Crippen LogP contribution in [0.2, 0.25) is 0 Å². The number of non-ortho nitro benzene ring substituents is 1. The molecule has 1 N–H and O–H groups in total. The van der Waals surface area contributed by atoms with Crippen molar-refractivity contribution in [3.8, 4) is 5.75 Å². The number of nitrogens with zero attached hydrogens (tertiary/aromatic N) is 3. The average Bonchev–Trinajstić information content (AvgIpc) is 2.74. The van der Waals surface area contributed by atoms with E-state index >= 15 is 0 Å². The Labute approximate surface area is 168 Å². The normalized spacial score (nSPS) is 14.0. The number of hydrazone groups is 1. The number of benzene rings is 2. The molecule has 0 atom stereocenters. The Balaban J connectivity index is 1.64. The van der Waals surface area contributed by atoms with Gasteiger partial charge in [-0.1, -0.05) is 17.7 Å². The highest BCUT2D eigenvalue weighted by Crippen LogP contribution is 2.25. The lowest BCUT2D eigenvalue weighted by atomic mass is 10.1. The molecular formula is C20H22N4O5. The molecule has 0 radical (unpaired) electrons. The molecule has 1 heterocycles. The second-order valence-electron chi connectivity index (χ2n) is 6.49. The van der Waals surface area contributed by atoms with Gasteiger partial charge in [-0.25, -0.2) is 5.43 Å². The Hall–Kier alpha value is -3.46. The van der Waals surface area contributed by atoms with Gasteiger partial charge in [0.1, 0.15) is 5.75 Å². The third kappa shape index (κ3) is 5.76. The van der Waals surface area contributed by atoms with Gasteiger partial charge in [-0.3, -0.25) is 14.9 Å². The van der Waals surface area contributed by atoms with Crippen LogP contribution in [0.5, 0.6) is 5.75 Å². The first-order valence-electron chi connectivity index (χ1n) is 9.15. The predicted octanol–water partition coefficient (Wildman–Crippen LogP) is 2.27. The van der Waals surface area contributed by atoms with Crippen LogP contribution in [0.4, 0.5) is 11.4 Å². The summed E-state index contributed by atoms with van der Waals surface area (Å²) in [5, 5.41) is 15.0. The quantitative estimate of drug-likeness (QED) is 0.436. The minimum atomic E-state index is -0.464. The summed E-state index contributed by atoms with van der Waals surface area (Å²) in [5.74, 6) is 0.156. The lowest BCUT2D eigenvalue weighted by molar-refractivity contribution is -0.384.